The minimum Gasteiger partial charge on any atom is -0.406 e. The van der Waals surface area contributed by atoms with Gasteiger partial charge in [0.15, 0.2) is 0 Å². The Hall–Kier alpha value is -2.03. The first kappa shape index (κ1) is 12.0. The third-order valence-electron chi connectivity index (χ3n) is 1.54. The molecule has 0 saturated heterocycles. The molecule has 0 saturated carbocycles. The zero-order valence-corrected chi connectivity index (χ0v) is 7.75. The van der Waals surface area contributed by atoms with Gasteiger partial charge in [-0.1, -0.05) is 0 Å². The molecule has 0 spiro atoms. The molecule has 0 fully saturated rings. The second kappa shape index (κ2) is 4.66. The van der Waals surface area contributed by atoms with Gasteiger partial charge in [-0.15, -0.1) is 13.2 Å². The normalized spacial score (nSPS) is 11.4. The molecule has 0 N–H and O–H groups in total. The predicted octanol–water partition coefficient (Wildman–Crippen LogP) is 3.26. The van der Waals surface area contributed by atoms with Crippen LogP contribution in [0, 0.1) is 17.1 Å². The number of nitriles is 1. The molecular weight excluding hydrogens is 226 g/mol. The van der Waals surface area contributed by atoms with Crippen LogP contribution in [-0.4, -0.2) is 6.36 Å². The molecule has 84 valence electrons. The van der Waals surface area contributed by atoms with Crippen molar-refractivity contribution in [1.82, 2.24) is 0 Å². The minimum absolute atomic E-state index is 0.150. The standard InChI is InChI=1S/C10H5F4NO/c11-9-4-3-8(16-10(12,13)14)6-7(9)2-1-5-15/h1-4,6H. The first-order valence-electron chi connectivity index (χ1n) is 4.04. The highest BCUT2D eigenvalue weighted by Gasteiger charge is 2.31. The lowest BCUT2D eigenvalue weighted by Gasteiger charge is -2.09. The van der Waals surface area contributed by atoms with E-state index >= 15 is 0 Å². The van der Waals surface area contributed by atoms with E-state index in [0.29, 0.717) is 0 Å². The Kier molecular flexibility index (Phi) is 3.51. The number of allylic oxidation sites excluding steroid dienone is 1. The molecule has 0 radical (unpaired) electrons. The van der Waals surface area contributed by atoms with Gasteiger partial charge >= 0.3 is 6.36 Å². The highest BCUT2D eigenvalue weighted by atomic mass is 19.4. The molecule has 0 heterocycles. The molecule has 1 rings (SSSR count). The first-order valence-corrected chi connectivity index (χ1v) is 4.04. The molecule has 0 atom stereocenters. The van der Waals surface area contributed by atoms with Crippen molar-refractivity contribution in [3.63, 3.8) is 0 Å². The van der Waals surface area contributed by atoms with Crippen molar-refractivity contribution < 1.29 is 22.3 Å². The van der Waals surface area contributed by atoms with Crippen LogP contribution in [0.1, 0.15) is 5.56 Å². The number of alkyl halides is 3. The van der Waals surface area contributed by atoms with Gasteiger partial charge in [0.2, 0.25) is 0 Å². The summed E-state index contributed by atoms with van der Waals surface area (Å²) in [5, 5.41) is 8.20. The van der Waals surface area contributed by atoms with Crippen LogP contribution in [0.25, 0.3) is 6.08 Å². The van der Waals surface area contributed by atoms with Crippen molar-refractivity contribution in [3.05, 3.63) is 35.7 Å². The van der Waals surface area contributed by atoms with Gasteiger partial charge in [0.25, 0.3) is 0 Å². The van der Waals surface area contributed by atoms with Gasteiger partial charge in [-0.3, -0.25) is 0 Å². The summed E-state index contributed by atoms with van der Waals surface area (Å²) >= 11 is 0. The molecule has 1 aromatic rings. The first-order chi connectivity index (χ1) is 7.42. The average Bonchev–Trinajstić information content (AvgIpc) is 2.17. The Morgan fingerprint density at radius 2 is 2.00 bits per heavy atom. The molecule has 0 amide bonds. The zero-order valence-electron chi connectivity index (χ0n) is 7.75. The second-order valence-corrected chi connectivity index (χ2v) is 2.69. The summed E-state index contributed by atoms with van der Waals surface area (Å²) in [7, 11) is 0. The van der Waals surface area contributed by atoms with E-state index in [1.165, 1.54) is 0 Å². The fraction of sp³-hybridized carbons (Fsp3) is 0.100. The summed E-state index contributed by atoms with van der Waals surface area (Å²) in [5.41, 5.74) is -0.150. The van der Waals surface area contributed by atoms with E-state index < -0.39 is 17.9 Å². The third-order valence-corrected chi connectivity index (χ3v) is 1.54. The number of rotatable bonds is 2. The number of ether oxygens (including phenoxy) is 1. The van der Waals surface area contributed by atoms with Crippen LogP contribution in [0.2, 0.25) is 0 Å². The average molecular weight is 231 g/mol. The summed E-state index contributed by atoms with van der Waals surface area (Å²) in [6.45, 7) is 0. The van der Waals surface area contributed by atoms with Crippen LogP contribution < -0.4 is 4.74 Å². The van der Waals surface area contributed by atoms with E-state index in [9.17, 15) is 17.6 Å². The number of nitrogens with zero attached hydrogens (tertiary/aromatic N) is 1. The number of hydrogen-bond acceptors (Lipinski definition) is 2. The Labute approximate surface area is 88.4 Å². The molecule has 0 bridgehead atoms. The van der Waals surface area contributed by atoms with Gasteiger partial charge in [0.05, 0.1) is 6.07 Å². The van der Waals surface area contributed by atoms with Crippen molar-refractivity contribution in [2.75, 3.05) is 0 Å². The SMILES string of the molecule is N#CC=Cc1cc(OC(F)(F)F)ccc1F. The Morgan fingerprint density at radius 1 is 1.31 bits per heavy atom. The smallest absolute Gasteiger partial charge is 0.406 e. The fourth-order valence-electron chi connectivity index (χ4n) is 0.974. The Bertz CT molecular complexity index is 445. The van der Waals surface area contributed by atoms with Crippen molar-refractivity contribution in [2.45, 2.75) is 6.36 Å². The van der Waals surface area contributed by atoms with E-state index in [0.717, 1.165) is 30.4 Å². The molecule has 0 aromatic heterocycles. The maximum atomic E-state index is 13.0. The quantitative estimate of drug-likeness (QED) is 0.578. The lowest BCUT2D eigenvalue weighted by atomic mass is 10.2. The molecule has 0 unspecified atom stereocenters. The van der Waals surface area contributed by atoms with Gasteiger partial charge in [-0.25, -0.2) is 4.39 Å². The van der Waals surface area contributed by atoms with Crippen molar-refractivity contribution in [1.29, 1.82) is 5.26 Å². The molecule has 0 aliphatic carbocycles. The van der Waals surface area contributed by atoms with Crippen LogP contribution in [0.4, 0.5) is 17.6 Å². The van der Waals surface area contributed by atoms with Gasteiger partial charge in [0.1, 0.15) is 11.6 Å². The van der Waals surface area contributed by atoms with E-state index in [4.69, 9.17) is 5.26 Å². The molecule has 2 nitrogen and oxygen atoms in total. The molecule has 0 aliphatic rings. The van der Waals surface area contributed by atoms with E-state index in [1.54, 1.807) is 6.07 Å². The maximum Gasteiger partial charge on any atom is 0.573 e. The molecule has 16 heavy (non-hydrogen) atoms. The molecular formula is C10H5F4NO. The van der Waals surface area contributed by atoms with Gasteiger partial charge in [0, 0.05) is 11.6 Å². The summed E-state index contributed by atoms with van der Waals surface area (Å²) in [6, 6.07) is 4.14. The van der Waals surface area contributed by atoms with Crippen molar-refractivity contribution in [3.8, 4) is 11.8 Å². The van der Waals surface area contributed by atoms with E-state index in [-0.39, 0.29) is 5.56 Å². The highest BCUT2D eigenvalue weighted by Crippen LogP contribution is 2.25. The molecule has 0 aliphatic heterocycles. The lowest BCUT2D eigenvalue weighted by Crippen LogP contribution is -2.17. The van der Waals surface area contributed by atoms with Crippen LogP contribution in [0.3, 0.4) is 0 Å². The third kappa shape index (κ3) is 3.61. The largest absolute Gasteiger partial charge is 0.573 e. The van der Waals surface area contributed by atoms with Gasteiger partial charge in [-0.05, 0) is 24.3 Å². The fourth-order valence-corrected chi connectivity index (χ4v) is 0.974. The summed E-state index contributed by atoms with van der Waals surface area (Å²) < 4.78 is 52.1. The van der Waals surface area contributed by atoms with Gasteiger partial charge in [-0.2, -0.15) is 5.26 Å². The second-order valence-electron chi connectivity index (χ2n) is 2.69. The Balaban J connectivity index is 2.99. The molecule has 1 aromatic carbocycles. The topological polar surface area (TPSA) is 33.0 Å². The summed E-state index contributed by atoms with van der Waals surface area (Å²) in [5.74, 6) is -1.27. The van der Waals surface area contributed by atoms with Crippen molar-refractivity contribution in [2.24, 2.45) is 0 Å². The van der Waals surface area contributed by atoms with Crippen molar-refractivity contribution >= 4 is 6.08 Å². The van der Waals surface area contributed by atoms with Crippen LogP contribution in [-0.2, 0) is 0 Å². The number of halogens is 4. The van der Waals surface area contributed by atoms with Crippen LogP contribution >= 0.6 is 0 Å². The lowest BCUT2D eigenvalue weighted by molar-refractivity contribution is -0.274. The number of benzene rings is 1. The summed E-state index contributed by atoms with van der Waals surface area (Å²) in [4.78, 5) is 0. The highest BCUT2D eigenvalue weighted by molar-refractivity contribution is 5.54. The van der Waals surface area contributed by atoms with E-state index in [1.807, 2.05) is 0 Å². The van der Waals surface area contributed by atoms with Crippen LogP contribution in [0.15, 0.2) is 24.3 Å². The number of hydrogen-bond donors (Lipinski definition) is 0. The maximum absolute atomic E-state index is 13.0. The van der Waals surface area contributed by atoms with E-state index in [2.05, 4.69) is 4.74 Å². The zero-order chi connectivity index (χ0) is 12.2. The predicted molar refractivity (Wildman–Crippen MR) is 47.7 cm³/mol. The molecule has 6 heteroatoms. The monoisotopic (exact) mass is 231 g/mol. The minimum atomic E-state index is -4.83. The van der Waals surface area contributed by atoms with Crippen LogP contribution in [0.5, 0.6) is 5.75 Å². The summed E-state index contributed by atoms with van der Waals surface area (Å²) in [6.07, 6.45) is -2.82. The van der Waals surface area contributed by atoms with Gasteiger partial charge < -0.3 is 4.74 Å². The Morgan fingerprint density at radius 3 is 2.56 bits per heavy atom.